The van der Waals surface area contributed by atoms with Crippen molar-refractivity contribution in [2.45, 2.75) is 45.6 Å². The van der Waals surface area contributed by atoms with E-state index in [-0.39, 0.29) is 18.3 Å². The molecular formula is C10H19ClN4OS. The van der Waals surface area contributed by atoms with Gasteiger partial charge in [-0.3, -0.25) is 10.1 Å². The number of amides is 1. The minimum absolute atomic E-state index is 0. The van der Waals surface area contributed by atoms with Crippen molar-refractivity contribution in [2.75, 3.05) is 5.32 Å². The second-order valence-corrected chi connectivity index (χ2v) is 4.75. The van der Waals surface area contributed by atoms with Gasteiger partial charge in [0.15, 0.2) is 0 Å². The Bertz CT molecular complexity index is 352. The summed E-state index contributed by atoms with van der Waals surface area (Å²) >= 11 is 1.43. The number of nitrogens with one attached hydrogen (secondary N) is 1. The third-order valence-electron chi connectivity index (χ3n) is 2.42. The number of anilines is 1. The molecule has 0 saturated carbocycles. The minimum atomic E-state index is -0.527. The summed E-state index contributed by atoms with van der Waals surface area (Å²) in [5.41, 5.74) is 5.45. The van der Waals surface area contributed by atoms with E-state index in [9.17, 15) is 4.79 Å². The topological polar surface area (TPSA) is 80.9 Å². The fraction of sp³-hybridized carbons (Fsp3) is 0.700. The highest BCUT2D eigenvalue weighted by atomic mass is 35.5. The lowest BCUT2D eigenvalue weighted by Gasteiger charge is -2.06. The predicted molar refractivity (Wildman–Crippen MR) is 72.8 cm³/mol. The van der Waals surface area contributed by atoms with Gasteiger partial charge in [0, 0.05) is 5.92 Å². The van der Waals surface area contributed by atoms with Crippen LogP contribution in [0.15, 0.2) is 0 Å². The number of carbonyl (C=O) groups excluding carboxylic acids is 1. The molecule has 0 radical (unpaired) electrons. The molecule has 0 aromatic carbocycles. The van der Waals surface area contributed by atoms with Crippen LogP contribution in [0.3, 0.4) is 0 Å². The monoisotopic (exact) mass is 278 g/mol. The molecule has 1 amide bonds. The number of nitrogens with two attached hydrogens (primary N) is 1. The number of aromatic nitrogens is 2. The molecule has 7 heteroatoms. The third-order valence-corrected chi connectivity index (χ3v) is 3.42. The minimum Gasteiger partial charge on any atom is -0.320 e. The van der Waals surface area contributed by atoms with Gasteiger partial charge in [0.05, 0.1) is 6.04 Å². The SMILES string of the molecule is CCC(CC)c1nnc(NC(=O)C(C)N)s1.Cl. The Morgan fingerprint density at radius 2 is 2.00 bits per heavy atom. The van der Waals surface area contributed by atoms with Crippen molar-refractivity contribution in [3.8, 4) is 0 Å². The maximum Gasteiger partial charge on any atom is 0.242 e. The standard InChI is InChI=1S/C10H18N4OS.ClH/c1-4-7(5-2)9-13-14-10(16-9)12-8(15)6(3)11;/h6-7H,4-5,11H2,1-3H3,(H,12,14,15);1H. The van der Waals surface area contributed by atoms with Crippen LogP contribution in [0.4, 0.5) is 5.13 Å². The lowest BCUT2D eigenvalue weighted by molar-refractivity contribution is -0.117. The molecule has 0 spiro atoms. The molecule has 0 aliphatic carbocycles. The predicted octanol–water partition coefficient (Wildman–Crippen LogP) is 2.15. The van der Waals surface area contributed by atoms with Crippen molar-refractivity contribution >= 4 is 34.8 Å². The molecule has 1 heterocycles. The fourth-order valence-electron chi connectivity index (χ4n) is 1.31. The molecule has 5 nitrogen and oxygen atoms in total. The summed E-state index contributed by atoms with van der Waals surface area (Å²) in [6.45, 7) is 5.88. The molecule has 1 aromatic heterocycles. The summed E-state index contributed by atoms with van der Waals surface area (Å²) in [5.74, 6) is 0.200. The molecule has 17 heavy (non-hydrogen) atoms. The van der Waals surface area contributed by atoms with Gasteiger partial charge in [-0.05, 0) is 19.8 Å². The quantitative estimate of drug-likeness (QED) is 0.865. The smallest absolute Gasteiger partial charge is 0.242 e. The average Bonchev–Trinajstić information content (AvgIpc) is 2.68. The van der Waals surface area contributed by atoms with Gasteiger partial charge >= 0.3 is 0 Å². The second kappa shape index (κ2) is 7.58. The normalized spacial score (nSPS) is 12.1. The molecule has 1 aromatic rings. The van der Waals surface area contributed by atoms with Gasteiger partial charge < -0.3 is 5.73 Å². The molecule has 1 atom stereocenters. The lowest BCUT2D eigenvalue weighted by atomic mass is 10.1. The molecule has 0 bridgehead atoms. The van der Waals surface area contributed by atoms with Gasteiger partial charge in [-0.1, -0.05) is 25.2 Å². The first-order valence-electron chi connectivity index (χ1n) is 5.48. The van der Waals surface area contributed by atoms with Crippen LogP contribution in [-0.2, 0) is 4.79 Å². The zero-order valence-electron chi connectivity index (χ0n) is 10.3. The summed E-state index contributed by atoms with van der Waals surface area (Å²) in [7, 11) is 0. The Morgan fingerprint density at radius 1 is 1.41 bits per heavy atom. The van der Waals surface area contributed by atoms with Crippen molar-refractivity contribution < 1.29 is 4.79 Å². The summed E-state index contributed by atoms with van der Waals surface area (Å²) < 4.78 is 0. The van der Waals surface area contributed by atoms with Crippen molar-refractivity contribution in [2.24, 2.45) is 5.73 Å². The number of rotatable bonds is 5. The van der Waals surface area contributed by atoms with Gasteiger partial charge in [-0.25, -0.2) is 0 Å². The van der Waals surface area contributed by atoms with E-state index in [0.29, 0.717) is 11.0 Å². The maximum absolute atomic E-state index is 11.3. The molecule has 3 N–H and O–H groups in total. The number of hydrogen-bond donors (Lipinski definition) is 2. The number of hydrogen-bond acceptors (Lipinski definition) is 5. The molecule has 0 fully saturated rings. The molecule has 0 saturated heterocycles. The van der Waals surface area contributed by atoms with E-state index < -0.39 is 6.04 Å². The largest absolute Gasteiger partial charge is 0.320 e. The molecule has 98 valence electrons. The van der Waals surface area contributed by atoms with Crippen molar-refractivity contribution in [3.05, 3.63) is 5.01 Å². The van der Waals surface area contributed by atoms with Gasteiger partial charge in [0.25, 0.3) is 0 Å². The molecule has 0 aliphatic rings. The Labute approximate surface area is 112 Å². The zero-order valence-corrected chi connectivity index (χ0v) is 11.9. The third kappa shape index (κ3) is 4.57. The Balaban J connectivity index is 0.00000256. The van der Waals surface area contributed by atoms with E-state index in [1.807, 2.05) is 0 Å². The summed E-state index contributed by atoms with van der Waals surface area (Å²) in [5, 5.41) is 12.2. The average molecular weight is 279 g/mol. The van der Waals surface area contributed by atoms with Crippen molar-refractivity contribution in [1.82, 2.24) is 10.2 Å². The van der Waals surface area contributed by atoms with E-state index in [4.69, 9.17) is 5.73 Å². The number of nitrogens with zero attached hydrogens (tertiary/aromatic N) is 2. The summed E-state index contributed by atoms with van der Waals surface area (Å²) in [6, 6.07) is -0.527. The number of carbonyl (C=O) groups is 1. The van der Waals surface area contributed by atoms with E-state index in [2.05, 4.69) is 29.4 Å². The fourth-order valence-corrected chi connectivity index (χ4v) is 2.32. The van der Waals surface area contributed by atoms with E-state index in [1.54, 1.807) is 6.92 Å². The van der Waals surface area contributed by atoms with Crippen molar-refractivity contribution in [1.29, 1.82) is 0 Å². The van der Waals surface area contributed by atoms with Gasteiger partial charge in [-0.15, -0.1) is 22.6 Å². The Kier molecular flexibility index (Phi) is 7.26. The first-order chi connectivity index (χ1) is 7.58. The summed E-state index contributed by atoms with van der Waals surface area (Å²) in [6.07, 6.45) is 2.07. The lowest BCUT2D eigenvalue weighted by Crippen LogP contribution is -2.32. The van der Waals surface area contributed by atoms with Crippen LogP contribution in [0.1, 0.15) is 44.5 Å². The van der Waals surface area contributed by atoms with Crippen LogP contribution in [0.5, 0.6) is 0 Å². The van der Waals surface area contributed by atoms with Crippen LogP contribution in [0, 0.1) is 0 Å². The van der Waals surface area contributed by atoms with Gasteiger partial charge in [0.1, 0.15) is 5.01 Å². The van der Waals surface area contributed by atoms with Crippen LogP contribution in [0.25, 0.3) is 0 Å². The molecule has 1 unspecified atom stereocenters. The first kappa shape index (κ1) is 16.3. The van der Waals surface area contributed by atoms with Crippen LogP contribution in [-0.4, -0.2) is 22.1 Å². The molecule has 0 aliphatic heterocycles. The Morgan fingerprint density at radius 3 is 2.47 bits per heavy atom. The molecular weight excluding hydrogens is 260 g/mol. The van der Waals surface area contributed by atoms with E-state index >= 15 is 0 Å². The van der Waals surface area contributed by atoms with E-state index in [0.717, 1.165) is 17.8 Å². The summed E-state index contributed by atoms with van der Waals surface area (Å²) in [4.78, 5) is 11.3. The number of halogens is 1. The van der Waals surface area contributed by atoms with Gasteiger partial charge in [-0.2, -0.15) is 0 Å². The highest BCUT2D eigenvalue weighted by molar-refractivity contribution is 7.15. The maximum atomic E-state index is 11.3. The highest BCUT2D eigenvalue weighted by Crippen LogP contribution is 2.27. The molecule has 1 rings (SSSR count). The van der Waals surface area contributed by atoms with Gasteiger partial charge in [0.2, 0.25) is 11.0 Å². The Hall–Kier alpha value is -0.720. The second-order valence-electron chi connectivity index (χ2n) is 3.74. The van der Waals surface area contributed by atoms with Crippen LogP contribution in [0.2, 0.25) is 0 Å². The van der Waals surface area contributed by atoms with E-state index in [1.165, 1.54) is 11.3 Å². The van der Waals surface area contributed by atoms with Crippen molar-refractivity contribution in [3.63, 3.8) is 0 Å². The van der Waals surface area contributed by atoms with Crippen LogP contribution < -0.4 is 11.1 Å². The zero-order chi connectivity index (χ0) is 12.1. The first-order valence-corrected chi connectivity index (χ1v) is 6.29. The highest BCUT2D eigenvalue weighted by Gasteiger charge is 2.15. The van der Waals surface area contributed by atoms with Crippen LogP contribution >= 0.6 is 23.7 Å².